The molecule has 94 valence electrons. The van der Waals surface area contributed by atoms with E-state index in [0.717, 1.165) is 0 Å². The molecule has 1 aromatic heterocycles. The van der Waals surface area contributed by atoms with E-state index in [1.807, 2.05) is 6.92 Å². The summed E-state index contributed by atoms with van der Waals surface area (Å²) in [5.41, 5.74) is 0. The average molecular weight is 277 g/mol. The van der Waals surface area contributed by atoms with Gasteiger partial charge in [-0.05, 0) is 13.0 Å². The molecule has 1 unspecified atom stereocenters. The Morgan fingerprint density at radius 1 is 1.59 bits per heavy atom. The molecule has 7 heteroatoms. The van der Waals surface area contributed by atoms with Crippen molar-refractivity contribution in [3.05, 3.63) is 23.5 Å². The number of morpholine rings is 1. The van der Waals surface area contributed by atoms with Gasteiger partial charge in [-0.15, -0.1) is 0 Å². The van der Waals surface area contributed by atoms with Crippen molar-refractivity contribution in [2.75, 3.05) is 19.7 Å². The van der Waals surface area contributed by atoms with Crippen LogP contribution in [0.25, 0.3) is 0 Å². The zero-order valence-electron chi connectivity index (χ0n) is 9.34. The molecule has 0 radical (unpaired) electrons. The molecule has 0 saturated carbocycles. The van der Waals surface area contributed by atoms with Gasteiger partial charge in [0.25, 0.3) is 0 Å². The van der Waals surface area contributed by atoms with E-state index in [2.05, 4.69) is 4.98 Å². The standard InChI is InChI=1S/C10H13ClN2O3S/c1-8-7-13(4-5-16-8)17(14,15)10-6-12-3-2-9(10)11/h2-3,6,8H,4-5,7H2,1H3. The first-order valence-electron chi connectivity index (χ1n) is 5.23. The number of hydrogen-bond acceptors (Lipinski definition) is 4. The van der Waals surface area contributed by atoms with E-state index >= 15 is 0 Å². The van der Waals surface area contributed by atoms with Gasteiger partial charge in [0.15, 0.2) is 0 Å². The number of sulfonamides is 1. The average Bonchev–Trinajstić information content (AvgIpc) is 2.29. The maximum atomic E-state index is 12.3. The number of nitrogens with zero attached hydrogens (tertiary/aromatic N) is 2. The Bertz CT molecular complexity index is 506. The van der Waals surface area contributed by atoms with Crippen LogP contribution in [0, 0.1) is 0 Å². The molecule has 1 aromatic rings. The Hall–Kier alpha value is -0.690. The number of hydrogen-bond donors (Lipinski definition) is 0. The lowest BCUT2D eigenvalue weighted by Crippen LogP contribution is -2.44. The molecule has 0 amide bonds. The van der Waals surface area contributed by atoms with Gasteiger partial charge in [-0.25, -0.2) is 8.42 Å². The number of ether oxygens (including phenoxy) is 1. The van der Waals surface area contributed by atoms with Gasteiger partial charge in [0, 0.05) is 25.5 Å². The summed E-state index contributed by atoms with van der Waals surface area (Å²) in [6, 6.07) is 1.47. The quantitative estimate of drug-likeness (QED) is 0.813. The van der Waals surface area contributed by atoms with Gasteiger partial charge in [0.05, 0.1) is 17.7 Å². The van der Waals surface area contributed by atoms with Crippen molar-refractivity contribution < 1.29 is 13.2 Å². The van der Waals surface area contributed by atoms with Gasteiger partial charge in [0.2, 0.25) is 10.0 Å². The van der Waals surface area contributed by atoms with Gasteiger partial charge in [-0.3, -0.25) is 4.98 Å². The minimum atomic E-state index is -3.57. The van der Waals surface area contributed by atoms with E-state index in [0.29, 0.717) is 19.7 Å². The molecule has 1 atom stereocenters. The maximum Gasteiger partial charge on any atom is 0.246 e. The van der Waals surface area contributed by atoms with Gasteiger partial charge >= 0.3 is 0 Å². The molecule has 0 aromatic carbocycles. The zero-order valence-corrected chi connectivity index (χ0v) is 10.9. The Kier molecular flexibility index (Phi) is 3.67. The summed E-state index contributed by atoms with van der Waals surface area (Å²) in [6.07, 6.45) is 2.63. The minimum absolute atomic E-state index is 0.0516. The predicted octanol–water partition coefficient (Wildman–Crippen LogP) is 1.14. The molecule has 1 aliphatic rings. The van der Waals surface area contributed by atoms with Crippen molar-refractivity contribution in [3.8, 4) is 0 Å². The van der Waals surface area contributed by atoms with Crippen LogP contribution in [0.15, 0.2) is 23.4 Å². The van der Waals surface area contributed by atoms with Crippen LogP contribution in [0.4, 0.5) is 0 Å². The molecular formula is C10H13ClN2O3S. The maximum absolute atomic E-state index is 12.3. The summed E-state index contributed by atoms with van der Waals surface area (Å²) >= 11 is 5.89. The van der Waals surface area contributed by atoms with E-state index in [9.17, 15) is 8.42 Å². The summed E-state index contributed by atoms with van der Waals surface area (Å²) in [5, 5.41) is 0.194. The van der Waals surface area contributed by atoms with Crippen molar-refractivity contribution in [1.82, 2.24) is 9.29 Å². The van der Waals surface area contributed by atoms with E-state index < -0.39 is 10.0 Å². The minimum Gasteiger partial charge on any atom is -0.376 e. The molecule has 0 spiro atoms. The molecular weight excluding hydrogens is 264 g/mol. The first kappa shape index (κ1) is 12.8. The summed E-state index contributed by atoms with van der Waals surface area (Å²) in [7, 11) is -3.57. The van der Waals surface area contributed by atoms with Crippen LogP contribution in [0.2, 0.25) is 5.02 Å². The lowest BCUT2D eigenvalue weighted by molar-refractivity contribution is 0.0102. The molecule has 2 rings (SSSR count). The topological polar surface area (TPSA) is 59.5 Å². The third-order valence-electron chi connectivity index (χ3n) is 2.56. The van der Waals surface area contributed by atoms with Crippen molar-refractivity contribution in [3.63, 3.8) is 0 Å². The van der Waals surface area contributed by atoms with E-state index in [-0.39, 0.29) is 16.0 Å². The van der Waals surface area contributed by atoms with Crippen LogP contribution in [0.1, 0.15) is 6.92 Å². The van der Waals surface area contributed by atoms with Gasteiger partial charge < -0.3 is 4.74 Å². The van der Waals surface area contributed by atoms with Gasteiger partial charge in [-0.1, -0.05) is 11.6 Å². The van der Waals surface area contributed by atoms with Crippen LogP contribution in [0.3, 0.4) is 0 Å². The predicted molar refractivity (Wildman–Crippen MR) is 63.4 cm³/mol. The van der Waals surface area contributed by atoms with Crippen LogP contribution in [0.5, 0.6) is 0 Å². The SMILES string of the molecule is CC1CN(S(=O)(=O)c2cnccc2Cl)CCO1. The number of aromatic nitrogens is 1. The molecule has 1 fully saturated rings. The fourth-order valence-corrected chi connectivity index (χ4v) is 3.60. The smallest absolute Gasteiger partial charge is 0.246 e. The molecule has 0 N–H and O–H groups in total. The van der Waals surface area contributed by atoms with Crippen molar-refractivity contribution in [2.45, 2.75) is 17.9 Å². The third-order valence-corrected chi connectivity index (χ3v) is 4.89. The first-order valence-corrected chi connectivity index (χ1v) is 7.05. The fraction of sp³-hybridized carbons (Fsp3) is 0.500. The van der Waals surface area contributed by atoms with Crippen molar-refractivity contribution >= 4 is 21.6 Å². The van der Waals surface area contributed by atoms with E-state index in [1.165, 1.54) is 22.8 Å². The summed E-state index contributed by atoms with van der Waals surface area (Å²) in [4.78, 5) is 3.86. The second-order valence-corrected chi connectivity index (χ2v) is 6.16. The third kappa shape index (κ3) is 2.60. The Labute approximate surface area is 105 Å². The van der Waals surface area contributed by atoms with Gasteiger partial charge in [0.1, 0.15) is 4.90 Å². The molecule has 1 aliphatic heterocycles. The van der Waals surface area contributed by atoms with Crippen molar-refractivity contribution in [1.29, 1.82) is 0 Å². The van der Waals surface area contributed by atoms with Crippen molar-refractivity contribution in [2.24, 2.45) is 0 Å². The number of pyridine rings is 1. The van der Waals surface area contributed by atoms with Crippen LogP contribution in [-0.4, -0.2) is 43.5 Å². The Balaban J connectivity index is 2.33. The summed E-state index contributed by atoms with van der Waals surface area (Å²) in [6.45, 7) is 2.93. The largest absolute Gasteiger partial charge is 0.376 e. The van der Waals surface area contributed by atoms with Crippen LogP contribution >= 0.6 is 11.6 Å². The highest BCUT2D eigenvalue weighted by Gasteiger charge is 2.30. The fourth-order valence-electron chi connectivity index (χ4n) is 1.70. The molecule has 17 heavy (non-hydrogen) atoms. The molecule has 5 nitrogen and oxygen atoms in total. The van der Waals surface area contributed by atoms with Crippen LogP contribution in [-0.2, 0) is 14.8 Å². The molecule has 0 bridgehead atoms. The van der Waals surface area contributed by atoms with E-state index in [4.69, 9.17) is 16.3 Å². The highest BCUT2D eigenvalue weighted by Crippen LogP contribution is 2.24. The Morgan fingerprint density at radius 2 is 2.35 bits per heavy atom. The molecule has 1 saturated heterocycles. The lowest BCUT2D eigenvalue weighted by Gasteiger charge is -2.30. The monoisotopic (exact) mass is 276 g/mol. The second kappa shape index (κ2) is 4.89. The summed E-state index contributed by atoms with van der Waals surface area (Å²) < 4.78 is 31.3. The van der Waals surface area contributed by atoms with E-state index in [1.54, 1.807) is 0 Å². The zero-order chi connectivity index (χ0) is 12.5. The number of halogens is 1. The Morgan fingerprint density at radius 3 is 3.00 bits per heavy atom. The molecule has 0 aliphatic carbocycles. The van der Waals surface area contributed by atoms with Crippen LogP contribution < -0.4 is 0 Å². The lowest BCUT2D eigenvalue weighted by atomic mass is 10.3. The normalized spacial score (nSPS) is 22.6. The summed E-state index contributed by atoms with van der Waals surface area (Å²) in [5.74, 6) is 0. The number of rotatable bonds is 2. The highest BCUT2D eigenvalue weighted by molar-refractivity contribution is 7.89. The molecule has 2 heterocycles. The van der Waals surface area contributed by atoms with Gasteiger partial charge in [-0.2, -0.15) is 4.31 Å². The second-order valence-electron chi connectivity index (χ2n) is 3.85. The highest BCUT2D eigenvalue weighted by atomic mass is 35.5. The first-order chi connectivity index (χ1) is 8.01.